The fraction of sp³-hybridized carbons (Fsp3) is 0.636. The normalized spacial score (nSPS) is 18.4. The van der Waals surface area contributed by atoms with Gasteiger partial charge in [-0.1, -0.05) is 0 Å². The second-order valence-electron chi connectivity index (χ2n) is 4.27. The number of rotatable bonds is 5. The van der Waals surface area contributed by atoms with Crippen molar-refractivity contribution in [2.24, 2.45) is 11.7 Å². The zero-order valence-electron chi connectivity index (χ0n) is 8.95. The molecule has 84 valence electrons. The highest BCUT2D eigenvalue weighted by Gasteiger charge is 2.27. The fourth-order valence-electron chi connectivity index (χ4n) is 1.87. The van der Waals surface area contributed by atoms with Crippen molar-refractivity contribution in [3.05, 3.63) is 20.8 Å². The van der Waals surface area contributed by atoms with E-state index in [4.69, 9.17) is 5.73 Å². The molecular weight excluding hydrogens is 272 g/mol. The van der Waals surface area contributed by atoms with E-state index in [-0.39, 0.29) is 0 Å². The molecule has 1 aliphatic rings. The third kappa shape index (κ3) is 2.81. The Bertz CT molecular complexity index is 322. The van der Waals surface area contributed by atoms with Crippen LogP contribution >= 0.6 is 27.3 Å². The summed E-state index contributed by atoms with van der Waals surface area (Å²) in [5.74, 6) is 0.919. The maximum Gasteiger partial charge on any atom is 0.0573 e. The van der Waals surface area contributed by atoms with Crippen LogP contribution < -0.4 is 5.73 Å². The molecule has 15 heavy (non-hydrogen) atoms. The first-order valence-corrected chi connectivity index (χ1v) is 7.03. The zero-order valence-corrected chi connectivity index (χ0v) is 11.4. The Kier molecular flexibility index (Phi) is 3.83. The summed E-state index contributed by atoms with van der Waals surface area (Å²) in [7, 11) is 2.18. The molecule has 1 heterocycles. The first-order valence-electron chi connectivity index (χ1n) is 5.35. The van der Waals surface area contributed by atoms with Crippen LogP contribution in [-0.4, -0.2) is 25.0 Å². The maximum absolute atomic E-state index is 5.87. The minimum atomic E-state index is 0.375. The van der Waals surface area contributed by atoms with Crippen molar-refractivity contribution >= 4 is 27.3 Å². The molecule has 0 spiro atoms. The molecule has 1 atom stereocenters. The minimum absolute atomic E-state index is 0.375. The number of likely N-dealkylation sites (N-methyl/N-ethyl adjacent to an activating group) is 1. The summed E-state index contributed by atoms with van der Waals surface area (Å²) in [6.07, 6.45) is 2.79. The Morgan fingerprint density at radius 2 is 2.40 bits per heavy atom. The van der Waals surface area contributed by atoms with Crippen LogP contribution in [-0.2, 0) is 0 Å². The highest BCUT2D eigenvalue weighted by molar-refractivity contribution is 9.10. The van der Waals surface area contributed by atoms with E-state index >= 15 is 0 Å². The van der Waals surface area contributed by atoms with Gasteiger partial charge in [0.05, 0.1) is 6.04 Å². The topological polar surface area (TPSA) is 29.3 Å². The number of thiophene rings is 1. The Balaban J connectivity index is 2.05. The van der Waals surface area contributed by atoms with Gasteiger partial charge in [-0.25, -0.2) is 0 Å². The number of hydrogen-bond acceptors (Lipinski definition) is 3. The predicted molar refractivity (Wildman–Crippen MR) is 69.2 cm³/mol. The first-order chi connectivity index (χ1) is 7.22. The predicted octanol–water partition coefficient (Wildman–Crippen LogP) is 2.85. The highest BCUT2D eigenvalue weighted by atomic mass is 79.9. The lowest BCUT2D eigenvalue weighted by Gasteiger charge is -2.26. The number of nitrogens with zero attached hydrogens (tertiary/aromatic N) is 1. The summed E-state index contributed by atoms with van der Waals surface area (Å²) >= 11 is 5.38. The maximum atomic E-state index is 5.87. The van der Waals surface area contributed by atoms with Crippen molar-refractivity contribution in [1.82, 2.24) is 4.90 Å². The van der Waals surface area contributed by atoms with E-state index in [1.54, 1.807) is 11.3 Å². The van der Waals surface area contributed by atoms with Crippen LogP contribution in [0.25, 0.3) is 0 Å². The molecule has 0 amide bonds. The number of halogens is 1. The van der Waals surface area contributed by atoms with Crippen molar-refractivity contribution in [2.75, 3.05) is 20.1 Å². The quantitative estimate of drug-likeness (QED) is 0.903. The average Bonchev–Trinajstić information content (AvgIpc) is 2.91. The molecule has 0 saturated heterocycles. The lowest BCUT2D eigenvalue weighted by molar-refractivity contribution is 0.243. The van der Waals surface area contributed by atoms with Gasteiger partial charge in [-0.05, 0) is 53.2 Å². The van der Waals surface area contributed by atoms with E-state index in [0.29, 0.717) is 12.6 Å². The second kappa shape index (κ2) is 4.95. The van der Waals surface area contributed by atoms with Gasteiger partial charge in [0.2, 0.25) is 0 Å². The fourth-order valence-corrected chi connectivity index (χ4v) is 3.68. The Labute approximate surface area is 104 Å². The average molecular weight is 289 g/mol. The largest absolute Gasteiger partial charge is 0.329 e. The van der Waals surface area contributed by atoms with E-state index in [2.05, 4.69) is 39.3 Å². The van der Waals surface area contributed by atoms with Gasteiger partial charge in [0, 0.05) is 22.4 Å². The van der Waals surface area contributed by atoms with Crippen molar-refractivity contribution in [1.29, 1.82) is 0 Å². The van der Waals surface area contributed by atoms with Gasteiger partial charge in [0.15, 0.2) is 0 Å². The van der Waals surface area contributed by atoms with E-state index < -0.39 is 0 Å². The Hall–Kier alpha value is 0.100. The highest BCUT2D eigenvalue weighted by Crippen LogP contribution is 2.35. The standard InChI is InChI=1S/C11H17BrN2S/c1-14(7-8-2-3-8)10(6-13)11-9(12)4-5-15-11/h4-5,8,10H,2-3,6-7,13H2,1H3. The lowest BCUT2D eigenvalue weighted by atomic mass is 10.2. The molecule has 1 unspecified atom stereocenters. The molecule has 1 saturated carbocycles. The summed E-state index contributed by atoms with van der Waals surface area (Å²) in [5, 5.41) is 2.12. The molecule has 2 N–H and O–H groups in total. The van der Waals surface area contributed by atoms with Gasteiger partial charge in [-0.2, -0.15) is 0 Å². The van der Waals surface area contributed by atoms with Gasteiger partial charge < -0.3 is 5.73 Å². The third-order valence-electron chi connectivity index (χ3n) is 2.95. The van der Waals surface area contributed by atoms with Gasteiger partial charge in [-0.3, -0.25) is 4.90 Å². The number of nitrogens with two attached hydrogens (primary N) is 1. The summed E-state index contributed by atoms with van der Waals surface area (Å²) in [5.41, 5.74) is 5.87. The number of hydrogen-bond donors (Lipinski definition) is 1. The molecule has 0 aromatic carbocycles. The van der Waals surface area contributed by atoms with Crippen LogP contribution in [0.4, 0.5) is 0 Å². The zero-order chi connectivity index (χ0) is 10.8. The van der Waals surface area contributed by atoms with Crippen LogP contribution in [0.2, 0.25) is 0 Å². The molecular formula is C11H17BrN2S. The van der Waals surface area contributed by atoms with Crippen LogP contribution in [0, 0.1) is 5.92 Å². The van der Waals surface area contributed by atoms with Crippen molar-refractivity contribution in [3.8, 4) is 0 Å². The summed E-state index contributed by atoms with van der Waals surface area (Å²) in [6.45, 7) is 1.88. The van der Waals surface area contributed by atoms with Crippen molar-refractivity contribution in [2.45, 2.75) is 18.9 Å². The molecule has 2 nitrogen and oxygen atoms in total. The van der Waals surface area contributed by atoms with E-state index in [1.165, 1.54) is 28.7 Å². The van der Waals surface area contributed by atoms with Crippen LogP contribution in [0.3, 0.4) is 0 Å². The Morgan fingerprint density at radius 1 is 1.67 bits per heavy atom. The van der Waals surface area contributed by atoms with Crippen molar-refractivity contribution < 1.29 is 0 Å². The molecule has 1 aromatic heterocycles. The molecule has 0 aliphatic heterocycles. The molecule has 4 heteroatoms. The van der Waals surface area contributed by atoms with Gasteiger partial charge in [0.25, 0.3) is 0 Å². The molecule has 0 radical (unpaired) electrons. The SMILES string of the molecule is CN(CC1CC1)C(CN)c1sccc1Br. The van der Waals surface area contributed by atoms with Crippen LogP contribution in [0.15, 0.2) is 15.9 Å². The molecule has 2 rings (SSSR count). The molecule has 1 aliphatic carbocycles. The summed E-state index contributed by atoms with van der Waals surface area (Å²) < 4.78 is 1.20. The monoisotopic (exact) mass is 288 g/mol. The van der Waals surface area contributed by atoms with Gasteiger partial charge in [0.1, 0.15) is 0 Å². The van der Waals surface area contributed by atoms with Crippen LogP contribution in [0.5, 0.6) is 0 Å². The lowest BCUT2D eigenvalue weighted by Crippen LogP contribution is -2.31. The molecule has 0 bridgehead atoms. The molecule has 1 fully saturated rings. The van der Waals surface area contributed by atoms with E-state index in [0.717, 1.165) is 5.92 Å². The van der Waals surface area contributed by atoms with Gasteiger partial charge in [-0.15, -0.1) is 11.3 Å². The third-order valence-corrected chi connectivity index (χ3v) is 4.92. The van der Waals surface area contributed by atoms with E-state index in [1.807, 2.05) is 0 Å². The van der Waals surface area contributed by atoms with Crippen molar-refractivity contribution in [3.63, 3.8) is 0 Å². The molecule has 1 aromatic rings. The smallest absolute Gasteiger partial charge is 0.0573 e. The van der Waals surface area contributed by atoms with Gasteiger partial charge >= 0.3 is 0 Å². The first kappa shape index (κ1) is 11.6. The van der Waals surface area contributed by atoms with Crippen LogP contribution in [0.1, 0.15) is 23.8 Å². The minimum Gasteiger partial charge on any atom is -0.329 e. The Morgan fingerprint density at radius 3 is 2.87 bits per heavy atom. The summed E-state index contributed by atoms with van der Waals surface area (Å²) in [4.78, 5) is 3.76. The van der Waals surface area contributed by atoms with E-state index in [9.17, 15) is 0 Å². The second-order valence-corrected chi connectivity index (χ2v) is 6.07. The summed E-state index contributed by atoms with van der Waals surface area (Å²) in [6, 6.07) is 2.48.